The van der Waals surface area contributed by atoms with Crippen LogP contribution in [0.2, 0.25) is 0 Å². The van der Waals surface area contributed by atoms with Crippen molar-refractivity contribution in [3.05, 3.63) is 336 Å². The maximum atomic E-state index is 14.3. The standard InChI is InChI=1S/2C39H35N7O2.CH4.2H4O7P2.4Zn/c47-38-30(24-46(27-33-13-5-9-19-42-33)28-34-14-6-10-20-43-34)21-29(22-35(38)39-44-36-15-1-2-16-37(36)48-39)23-45(25-31-11-3-7-17-40-31)26-32-12-4-8-18-41-32;47-38-31(25-46(27-33-12-4-7-18-42-33)28-34-13-5-8-19-43-34)20-30(21-35(38)39-44-36-14-1-2-15-37(36)48-39)24-45(23-29-10-9-16-40-22-29)26-32-11-3-6-17-41-32;;2*1-8(2,3)7-9(4,5)6;;;;/h2*1-22,47H,23-28H2;1H4;2*(H2,1,2,3)(H2,4,5,6);;;;/q;;;;;4*+2/p-4. The predicted molar refractivity (Wildman–Crippen MR) is 416 cm³/mol. The summed E-state index contributed by atoms with van der Waals surface area (Å²) in [5.41, 5.74) is 14.4. The van der Waals surface area contributed by atoms with Gasteiger partial charge in [-0.15, -0.1) is 0 Å². The van der Waals surface area contributed by atoms with Gasteiger partial charge in [-0.05, 0) is 155 Å². The van der Waals surface area contributed by atoms with Crippen molar-refractivity contribution >= 4 is 53.5 Å². The number of aromatic nitrogens is 10. The summed E-state index contributed by atoms with van der Waals surface area (Å²) >= 11 is 0. The van der Waals surface area contributed by atoms with Gasteiger partial charge in [0, 0.05) is 145 Å². The van der Waals surface area contributed by atoms with Crippen LogP contribution in [-0.2, 0) is 183 Å². The first kappa shape index (κ1) is 99.3. The third kappa shape index (κ3) is 33.8. The Kier molecular flexibility index (Phi) is 40.2. The Balaban J connectivity index is 0.000000295. The van der Waals surface area contributed by atoms with Gasteiger partial charge in [-0.3, -0.25) is 68.6 Å². The van der Waals surface area contributed by atoms with Gasteiger partial charge >= 0.3 is 93.6 Å². The monoisotopic (exact) mass is 1890 g/mol. The molecule has 0 bridgehead atoms. The second kappa shape index (κ2) is 48.2. The summed E-state index contributed by atoms with van der Waals surface area (Å²) < 4.78 is 56.2. The summed E-state index contributed by atoms with van der Waals surface area (Å²) in [6.07, 6.45) is 16.2. The molecule has 14 rings (SSSR count). The molecule has 0 saturated heterocycles. The Morgan fingerprint density at radius 1 is 0.328 bits per heavy atom. The maximum absolute atomic E-state index is 14.3. The zero-order chi connectivity index (χ0) is 80.5. The van der Waals surface area contributed by atoms with Crippen LogP contribution in [0.4, 0.5) is 0 Å². The van der Waals surface area contributed by atoms with Crippen molar-refractivity contribution in [3.8, 4) is 34.4 Å². The average molecular weight is 1900 g/mol. The van der Waals surface area contributed by atoms with Crippen molar-refractivity contribution < 1.29 is 163 Å². The normalized spacial score (nSPS) is 12.1. The van der Waals surface area contributed by atoms with E-state index in [1.54, 1.807) is 31.0 Å². The van der Waals surface area contributed by atoms with E-state index in [9.17, 15) is 38.3 Å². The molecule has 10 aromatic heterocycles. The molecule has 2 atom stereocenters. The first-order valence-electron chi connectivity index (χ1n) is 34.8. The fraction of sp³-hybridized carbons (Fsp3) is 0.165. The molecule has 0 aliphatic carbocycles. The minimum atomic E-state index is -5.30. The third-order valence-electron chi connectivity index (χ3n) is 16.4. The maximum Gasteiger partial charge on any atom is 2.00 e. The first-order chi connectivity index (χ1) is 54.7. The van der Waals surface area contributed by atoms with E-state index in [-0.39, 0.29) is 96.8 Å². The van der Waals surface area contributed by atoms with Crippen molar-refractivity contribution in [3.63, 3.8) is 0 Å². The smallest absolute Gasteiger partial charge is 0.872 e. The number of rotatable bonds is 30. The van der Waals surface area contributed by atoms with Crippen molar-refractivity contribution in [2.75, 3.05) is 0 Å². The SMILES string of the molecule is C.O=P([O-])(O)OP(=O)(O)O.O=P([O-])(O)OP(=O)(O)O.[O-]c1c(CN(Cc2ccccn2)Cc2ccccn2)cc(CN(Cc2ccccn2)Cc2ccccn2)cc1-c1nc2ccccc2o1.[O-]c1c(CN(Cc2ccccn2)Cc2ccccn2)cc(CN(Cc2cccnc2)Cc2ccccn2)cc1-c1nc2ccccc2o1.[Zn+2].[Zn+2].[Zn+2].[Zn+2]. The van der Waals surface area contributed by atoms with Gasteiger partial charge in [0.2, 0.25) is 11.8 Å². The molecular formula is C79H78N14O18P4Zn4+4. The van der Waals surface area contributed by atoms with Gasteiger partial charge in [-0.25, -0.2) is 27.7 Å². The molecule has 32 nitrogen and oxygen atoms in total. The summed E-state index contributed by atoms with van der Waals surface area (Å²) in [6.45, 7) is 6.55. The Bertz CT molecular complexity index is 4970. The van der Waals surface area contributed by atoms with E-state index < -0.39 is 31.3 Å². The van der Waals surface area contributed by atoms with Crippen molar-refractivity contribution in [2.24, 2.45) is 0 Å². The number of hydrogen-bond acceptors (Lipinski definition) is 26. The Hall–Kier alpha value is -8.53. The van der Waals surface area contributed by atoms with E-state index in [2.05, 4.69) is 74.2 Å². The minimum Gasteiger partial charge on any atom is -0.872 e. The van der Waals surface area contributed by atoms with Crippen LogP contribution in [0.5, 0.6) is 11.5 Å². The van der Waals surface area contributed by atoms with Crippen LogP contribution in [0.3, 0.4) is 0 Å². The summed E-state index contributed by atoms with van der Waals surface area (Å²) in [5.74, 6) is 0.402. The van der Waals surface area contributed by atoms with Crippen LogP contribution in [0.15, 0.2) is 277 Å². The van der Waals surface area contributed by atoms with E-state index in [0.717, 1.165) is 56.5 Å². The molecular weight excluding hydrogens is 1820 g/mol. The van der Waals surface area contributed by atoms with Gasteiger partial charge in [0.1, 0.15) is 11.0 Å². The second-order valence-corrected chi connectivity index (χ2v) is 30.7. The predicted octanol–water partition coefficient (Wildman–Crippen LogP) is 10.8. The number of hydrogen-bond donors (Lipinski definition) is 6. The van der Waals surface area contributed by atoms with E-state index in [1.165, 1.54) is 0 Å². The van der Waals surface area contributed by atoms with E-state index in [0.29, 0.717) is 135 Å². The molecule has 0 aliphatic rings. The molecule has 596 valence electrons. The molecule has 6 N–H and O–H groups in total. The van der Waals surface area contributed by atoms with Crippen LogP contribution in [0.25, 0.3) is 45.1 Å². The number of phosphoric acid groups is 4. The van der Waals surface area contributed by atoms with Gasteiger partial charge in [0.05, 0.1) is 39.9 Å². The third-order valence-corrected chi connectivity index (χ3v) is 19.8. The average Bonchev–Trinajstić information content (AvgIpc) is 1.69. The molecule has 0 spiro atoms. The van der Waals surface area contributed by atoms with Gasteiger partial charge in [-0.1, -0.05) is 104 Å². The number of benzene rings is 4. The summed E-state index contributed by atoms with van der Waals surface area (Å²) in [7, 11) is -20.8. The quantitative estimate of drug-likeness (QED) is 0.0180. The van der Waals surface area contributed by atoms with E-state index >= 15 is 0 Å². The number of fused-ring (bicyclic) bond motifs is 2. The van der Waals surface area contributed by atoms with Crippen molar-refractivity contribution in [1.29, 1.82) is 0 Å². The van der Waals surface area contributed by atoms with Crippen LogP contribution in [0, 0.1) is 0 Å². The number of nitrogens with zero attached hydrogens (tertiary/aromatic N) is 14. The van der Waals surface area contributed by atoms with Gasteiger partial charge in [0.15, 0.2) is 11.2 Å². The number of para-hydroxylation sites is 4. The molecule has 40 heteroatoms. The molecule has 0 fully saturated rings. The Labute approximate surface area is 736 Å². The fourth-order valence-corrected chi connectivity index (χ4v) is 14.1. The molecule has 0 radical (unpaired) electrons. The molecule has 119 heavy (non-hydrogen) atoms. The molecule has 4 aromatic carbocycles. The summed E-state index contributed by atoms with van der Waals surface area (Å²) in [6, 6.07) is 68.4. The molecule has 0 saturated carbocycles. The Morgan fingerprint density at radius 2 is 0.597 bits per heavy atom. The summed E-state index contributed by atoms with van der Waals surface area (Å²) in [4.78, 5) is 120. The van der Waals surface area contributed by atoms with E-state index in [1.807, 2.05) is 231 Å². The summed E-state index contributed by atoms with van der Waals surface area (Å²) in [5, 5.41) is 28.6. The molecule has 2 unspecified atom stereocenters. The van der Waals surface area contributed by atoms with Crippen LogP contribution < -0.4 is 20.0 Å². The van der Waals surface area contributed by atoms with Crippen LogP contribution in [0.1, 0.15) is 75.1 Å². The first-order valence-corrected chi connectivity index (χ1v) is 40.9. The molecule has 0 amide bonds. The fourth-order valence-electron chi connectivity index (χ4n) is 12.0. The molecule has 10 heterocycles. The topological polar surface area (TPSA) is 468 Å². The van der Waals surface area contributed by atoms with Crippen molar-refractivity contribution in [2.45, 2.75) is 86.0 Å². The van der Waals surface area contributed by atoms with Crippen molar-refractivity contribution in [1.82, 2.24) is 69.4 Å². The van der Waals surface area contributed by atoms with Gasteiger partial charge in [-0.2, -0.15) is 0 Å². The second-order valence-electron chi connectivity index (χ2n) is 25.5. The zero-order valence-corrected chi connectivity index (χ0v) is 78.8. The van der Waals surface area contributed by atoms with Crippen LogP contribution >= 0.6 is 31.3 Å². The zero-order valence-electron chi connectivity index (χ0n) is 63.3. The van der Waals surface area contributed by atoms with Crippen LogP contribution in [-0.4, -0.2) is 98.8 Å². The molecule has 14 aromatic rings. The Morgan fingerprint density at radius 3 is 0.840 bits per heavy atom. The van der Waals surface area contributed by atoms with Gasteiger partial charge < -0.3 is 58.2 Å². The van der Waals surface area contributed by atoms with E-state index in [4.69, 9.17) is 48.2 Å². The minimum absolute atomic E-state index is 0. The largest absolute Gasteiger partial charge is 2.00 e. The molecule has 0 aliphatic heterocycles. The number of pyridine rings is 8. The van der Waals surface area contributed by atoms with Gasteiger partial charge in [0.25, 0.3) is 15.6 Å². The number of oxazole rings is 2.